The van der Waals surface area contributed by atoms with Crippen LogP contribution in [0.4, 0.5) is 0 Å². The predicted molar refractivity (Wildman–Crippen MR) is 132 cm³/mol. The minimum absolute atomic E-state index is 0.469. The molecular formula is C27H26BN3O2. The minimum Gasteiger partial charge on any atom is -0.399 e. The molecule has 1 saturated heterocycles. The van der Waals surface area contributed by atoms with Gasteiger partial charge in [0.25, 0.3) is 0 Å². The molecule has 2 heterocycles. The van der Waals surface area contributed by atoms with Gasteiger partial charge < -0.3 is 9.31 Å². The summed E-state index contributed by atoms with van der Waals surface area (Å²) in [6, 6.07) is 25.0. The van der Waals surface area contributed by atoms with Gasteiger partial charge in [-0.3, -0.25) is 0 Å². The molecule has 0 saturated carbocycles. The van der Waals surface area contributed by atoms with Crippen molar-refractivity contribution in [3.05, 3.63) is 85.5 Å². The molecule has 0 bridgehead atoms. The summed E-state index contributed by atoms with van der Waals surface area (Å²) in [5, 5.41) is 0. The molecule has 5 nitrogen and oxygen atoms in total. The van der Waals surface area contributed by atoms with Crippen LogP contribution in [0.15, 0.2) is 85.5 Å². The van der Waals surface area contributed by atoms with E-state index in [1.165, 1.54) is 12.7 Å². The lowest BCUT2D eigenvalue weighted by atomic mass is 9.72. The standard InChI is InChI=1S/C27H26BN3O2/c1-26(2)27(3,4)33-28(32-26)23-16-21(19-11-7-5-8-12-19)15-22(20-13-9-6-10-14-20)24(23)25-30-17-29-18-31-25/h5-18H,1-4H3. The van der Waals surface area contributed by atoms with E-state index in [1.807, 2.05) is 36.4 Å². The molecule has 1 aromatic heterocycles. The molecule has 0 spiro atoms. The monoisotopic (exact) mass is 435 g/mol. The van der Waals surface area contributed by atoms with Crippen LogP contribution in [0, 0.1) is 0 Å². The zero-order valence-electron chi connectivity index (χ0n) is 19.3. The number of benzene rings is 3. The van der Waals surface area contributed by atoms with Gasteiger partial charge in [-0.15, -0.1) is 0 Å². The SMILES string of the molecule is CC1(C)OB(c2cc(-c3ccccc3)cc(-c3ccccc3)c2-c2ncncn2)OC1(C)C. The molecule has 0 aliphatic carbocycles. The van der Waals surface area contributed by atoms with Crippen molar-refractivity contribution in [1.29, 1.82) is 0 Å². The van der Waals surface area contributed by atoms with Crippen molar-refractivity contribution in [2.24, 2.45) is 0 Å². The molecule has 1 aliphatic rings. The Morgan fingerprint density at radius 3 is 1.79 bits per heavy atom. The molecule has 1 aliphatic heterocycles. The molecule has 164 valence electrons. The van der Waals surface area contributed by atoms with Crippen LogP contribution in [0.5, 0.6) is 0 Å². The second-order valence-corrected chi connectivity index (χ2v) is 9.27. The third kappa shape index (κ3) is 3.97. The summed E-state index contributed by atoms with van der Waals surface area (Å²) in [4.78, 5) is 13.0. The molecule has 0 radical (unpaired) electrons. The Morgan fingerprint density at radius 2 is 1.21 bits per heavy atom. The van der Waals surface area contributed by atoms with Gasteiger partial charge in [0.1, 0.15) is 12.7 Å². The second kappa shape index (κ2) is 8.21. The highest BCUT2D eigenvalue weighted by atomic mass is 16.7. The summed E-state index contributed by atoms with van der Waals surface area (Å²) in [7, 11) is -0.562. The average molecular weight is 435 g/mol. The van der Waals surface area contributed by atoms with E-state index in [4.69, 9.17) is 9.31 Å². The Bertz CT molecular complexity index is 1250. The highest BCUT2D eigenvalue weighted by Gasteiger charge is 2.52. The van der Waals surface area contributed by atoms with E-state index in [1.54, 1.807) is 0 Å². The zero-order chi connectivity index (χ0) is 23.1. The fourth-order valence-corrected chi connectivity index (χ4v) is 4.08. The zero-order valence-corrected chi connectivity index (χ0v) is 19.3. The van der Waals surface area contributed by atoms with Gasteiger partial charge in [-0.05, 0) is 61.5 Å². The van der Waals surface area contributed by atoms with E-state index in [-0.39, 0.29) is 0 Å². The number of hydrogen-bond donors (Lipinski definition) is 0. The normalized spacial score (nSPS) is 16.7. The van der Waals surface area contributed by atoms with Crippen LogP contribution in [0.25, 0.3) is 33.6 Å². The van der Waals surface area contributed by atoms with Crippen molar-refractivity contribution in [3.8, 4) is 33.6 Å². The van der Waals surface area contributed by atoms with Crippen LogP contribution in [-0.2, 0) is 9.31 Å². The molecule has 4 aromatic rings. The third-order valence-electron chi connectivity index (χ3n) is 6.58. The Morgan fingerprint density at radius 1 is 0.667 bits per heavy atom. The molecule has 5 rings (SSSR count). The maximum atomic E-state index is 6.50. The van der Waals surface area contributed by atoms with Crippen molar-refractivity contribution in [2.75, 3.05) is 0 Å². The smallest absolute Gasteiger partial charge is 0.399 e. The summed E-state index contributed by atoms with van der Waals surface area (Å²) in [6.07, 6.45) is 3.05. The summed E-state index contributed by atoms with van der Waals surface area (Å²) >= 11 is 0. The predicted octanol–water partition coefficient (Wildman–Crippen LogP) is 5.17. The summed E-state index contributed by atoms with van der Waals surface area (Å²) in [5.41, 5.74) is 5.15. The second-order valence-electron chi connectivity index (χ2n) is 9.27. The van der Waals surface area contributed by atoms with Gasteiger partial charge >= 0.3 is 7.12 Å². The first-order valence-corrected chi connectivity index (χ1v) is 11.1. The van der Waals surface area contributed by atoms with Gasteiger partial charge in [-0.1, -0.05) is 66.7 Å². The first-order chi connectivity index (χ1) is 15.9. The lowest BCUT2D eigenvalue weighted by Gasteiger charge is -2.32. The molecule has 33 heavy (non-hydrogen) atoms. The van der Waals surface area contributed by atoms with Crippen molar-refractivity contribution >= 4 is 12.6 Å². The van der Waals surface area contributed by atoms with E-state index < -0.39 is 18.3 Å². The third-order valence-corrected chi connectivity index (χ3v) is 6.58. The van der Waals surface area contributed by atoms with Crippen molar-refractivity contribution < 1.29 is 9.31 Å². The van der Waals surface area contributed by atoms with Crippen LogP contribution in [-0.4, -0.2) is 33.3 Å². The number of aromatic nitrogens is 3. The first-order valence-electron chi connectivity index (χ1n) is 11.1. The average Bonchev–Trinajstić information content (AvgIpc) is 3.06. The lowest BCUT2D eigenvalue weighted by Crippen LogP contribution is -2.41. The van der Waals surface area contributed by atoms with E-state index in [9.17, 15) is 0 Å². The molecule has 0 amide bonds. The van der Waals surface area contributed by atoms with Gasteiger partial charge in [0.2, 0.25) is 0 Å². The highest BCUT2D eigenvalue weighted by molar-refractivity contribution is 6.64. The van der Waals surface area contributed by atoms with E-state index in [0.717, 1.165) is 33.3 Å². The molecule has 6 heteroatoms. The summed E-state index contributed by atoms with van der Waals surface area (Å²) in [6.45, 7) is 8.26. The summed E-state index contributed by atoms with van der Waals surface area (Å²) in [5.74, 6) is 0.591. The Hall–Kier alpha value is -3.35. The van der Waals surface area contributed by atoms with Gasteiger partial charge in [0.05, 0.1) is 11.2 Å². The van der Waals surface area contributed by atoms with E-state index >= 15 is 0 Å². The van der Waals surface area contributed by atoms with E-state index in [2.05, 4.69) is 79.0 Å². The quantitative estimate of drug-likeness (QED) is 0.414. The Labute approximate surface area is 195 Å². The minimum atomic E-state index is -0.562. The van der Waals surface area contributed by atoms with Crippen molar-refractivity contribution in [1.82, 2.24) is 15.0 Å². The molecule has 0 unspecified atom stereocenters. The fourth-order valence-electron chi connectivity index (χ4n) is 4.08. The maximum Gasteiger partial charge on any atom is 0.495 e. The van der Waals surface area contributed by atoms with Crippen LogP contribution < -0.4 is 5.46 Å². The topological polar surface area (TPSA) is 57.1 Å². The van der Waals surface area contributed by atoms with Crippen LogP contribution in [0.2, 0.25) is 0 Å². The fraction of sp³-hybridized carbons (Fsp3) is 0.222. The highest BCUT2D eigenvalue weighted by Crippen LogP contribution is 2.39. The lowest BCUT2D eigenvalue weighted by molar-refractivity contribution is 0.00578. The maximum absolute atomic E-state index is 6.50. The molecular weight excluding hydrogens is 409 g/mol. The van der Waals surface area contributed by atoms with E-state index in [0.29, 0.717) is 5.82 Å². The van der Waals surface area contributed by atoms with Crippen molar-refractivity contribution in [2.45, 2.75) is 38.9 Å². The molecule has 0 N–H and O–H groups in total. The van der Waals surface area contributed by atoms with Gasteiger partial charge in [-0.2, -0.15) is 0 Å². The van der Waals surface area contributed by atoms with Crippen LogP contribution in [0.1, 0.15) is 27.7 Å². The van der Waals surface area contributed by atoms with Crippen LogP contribution in [0.3, 0.4) is 0 Å². The van der Waals surface area contributed by atoms with Gasteiger partial charge in [0, 0.05) is 5.56 Å². The molecule has 0 atom stereocenters. The Balaban J connectivity index is 1.81. The first kappa shape index (κ1) is 21.5. The summed E-state index contributed by atoms with van der Waals surface area (Å²) < 4.78 is 13.0. The number of nitrogens with zero attached hydrogens (tertiary/aromatic N) is 3. The molecule has 3 aromatic carbocycles. The van der Waals surface area contributed by atoms with Gasteiger partial charge in [0.15, 0.2) is 5.82 Å². The Kier molecular flexibility index (Phi) is 5.35. The number of hydrogen-bond acceptors (Lipinski definition) is 5. The van der Waals surface area contributed by atoms with Crippen molar-refractivity contribution in [3.63, 3.8) is 0 Å². The largest absolute Gasteiger partial charge is 0.495 e. The number of rotatable bonds is 4. The van der Waals surface area contributed by atoms with Crippen LogP contribution >= 0.6 is 0 Å². The molecule has 1 fully saturated rings. The van der Waals surface area contributed by atoms with Gasteiger partial charge in [-0.25, -0.2) is 15.0 Å².